The van der Waals surface area contributed by atoms with Crippen molar-refractivity contribution in [3.8, 4) is 11.5 Å². The van der Waals surface area contributed by atoms with Gasteiger partial charge in [-0.15, -0.1) is 0 Å². The molecule has 0 radical (unpaired) electrons. The molecule has 1 heterocycles. The number of ether oxygens (including phenoxy) is 1. The van der Waals surface area contributed by atoms with Crippen LogP contribution >= 0.6 is 11.6 Å². The van der Waals surface area contributed by atoms with Crippen molar-refractivity contribution in [1.29, 1.82) is 0 Å². The van der Waals surface area contributed by atoms with E-state index in [4.69, 9.17) is 16.3 Å². The van der Waals surface area contributed by atoms with Gasteiger partial charge in [-0.05, 0) is 49.7 Å². The van der Waals surface area contributed by atoms with Crippen LogP contribution in [0.5, 0.6) is 11.5 Å². The minimum Gasteiger partial charge on any atom is -0.456 e. The molecule has 0 amide bonds. The van der Waals surface area contributed by atoms with E-state index in [1.54, 1.807) is 18.2 Å². The van der Waals surface area contributed by atoms with E-state index >= 15 is 0 Å². The predicted molar refractivity (Wildman–Crippen MR) is 97.1 cm³/mol. The first-order valence-corrected chi connectivity index (χ1v) is 8.80. The highest BCUT2D eigenvalue weighted by atomic mass is 35.5. The molecule has 1 saturated heterocycles. The molecule has 2 aromatic carbocycles. The summed E-state index contributed by atoms with van der Waals surface area (Å²) in [6.07, 6.45) is 2.78. The average molecular weight is 344 g/mol. The van der Waals surface area contributed by atoms with Crippen molar-refractivity contribution in [3.63, 3.8) is 0 Å². The van der Waals surface area contributed by atoms with E-state index in [1.807, 2.05) is 30.3 Å². The van der Waals surface area contributed by atoms with Gasteiger partial charge in [-0.3, -0.25) is 4.79 Å². The summed E-state index contributed by atoms with van der Waals surface area (Å²) >= 11 is 6.26. The fraction of sp³-hybridized carbons (Fsp3) is 0.350. The Bertz CT molecular complexity index is 709. The maximum absolute atomic E-state index is 13.1. The SMILES string of the molecule is CCCC1(C(=O)c2ccc(Cl)c(Oc3ccccc3)c2)CCNC1. The maximum Gasteiger partial charge on any atom is 0.170 e. The van der Waals surface area contributed by atoms with E-state index < -0.39 is 0 Å². The van der Waals surface area contributed by atoms with Crippen LogP contribution in [0.15, 0.2) is 48.5 Å². The zero-order chi connectivity index (χ0) is 17.0. The van der Waals surface area contributed by atoms with Gasteiger partial charge in [0.1, 0.15) is 11.5 Å². The molecule has 3 nitrogen and oxygen atoms in total. The lowest BCUT2D eigenvalue weighted by atomic mass is 9.76. The minimum atomic E-state index is -0.299. The Balaban J connectivity index is 1.88. The van der Waals surface area contributed by atoms with Crippen LogP contribution in [-0.2, 0) is 0 Å². The number of carbonyl (C=O) groups is 1. The molecule has 4 heteroatoms. The third-order valence-electron chi connectivity index (χ3n) is 4.62. The fourth-order valence-corrected chi connectivity index (χ4v) is 3.54. The van der Waals surface area contributed by atoms with Crippen molar-refractivity contribution in [2.75, 3.05) is 13.1 Å². The Labute approximate surface area is 148 Å². The van der Waals surface area contributed by atoms with E-state index in [1.165, 1.54) is 0 Å². The van der Waals surface area contributed by atoms with Gasteiger partial charge in [0.25, 0.3) is 0 Å². The van der Waals surface area contributed by atoms with Crippen molar-refractivity contribution in [2.24, 2.45) is 5.41 Å². The van der Waals surface area contributed by atoms with Crippen molar-refractivity contribution >= 4 is 17.4 Å². The zero-order valence-corrected chi connectivity index (χ0v) is 14.6. The molecule has 126 valence electrons. The van der Waals surface area contributed by atoms with Crippen LogP contribution in [-0.4, -0.2) is 18.9 Å². The van der Waals surface area contributed by atoms with Crippen LogP contribution < -0.4 is 10.1 Å². The number of para-hydroxylation sites is 1. The lowest BCUT2D eigenvalue weighted by molar-refractivity contribution is 0.0801. The number of carbonyl (C=O) groups excluding carboxylic acids is 1. The summed E-state index contributed by atoms with van der Waals surface area (Å²) in [6.45, 7) is 3.77. The Morgan fingerprint density at radius 2 is 2.04 bits per heavy atom. The summed E-state index contributed by atoms with van der Waals surface area (Å²) < 4.78 is 5.86. The molecule has 2 aromatic rings. The summed E-state index contributed by atoms with van der Waals surface area (Å²) in [7, 11) is 0. The number of ketones is 1. The molecular weight excluding hydrogens is 322 g/mol. The van der Waals surface area contributed by atoms with E-state index in [-0.39, 0.29) is 11.2 Å². The topological polar surface area (TPSA) is 38.3 Å². The minimum absolute atomic E-state index is 0.184. The van der Waals surface area contributed by atoms with Crippen LogP contribution in [0.3, 0.4) is 0 Å². The number of benzene rings is 2. The van der Waals surface area contributed by atoms with Crippen molar-refractivity contribution in [1.82, 2.24) is 5.32 Å². The van der Waals surface area contributed by atoms with E-state index in [2.05, 4.69) is 12.2 Å². The van der Waals surface area contributed by atoms with Gasteiger partial charge in [0.05, 0.1) is 5.02 Å². The van der Waals surface area contributed by atoms with Gasteiger partial charge in [0.2, 0.25) is 0 Å². The first-order valence-electron chi connectivity index (χ1n) is 8.42. The third kappa shape index (κ3) is 3.47. The van der Waals surface area contributed by atoms with Crippen LogP contribution in [0.4, 0.5) is 0 Å². The Hall–Kier alpha value is -1.84. The number of rotatable bonds is 6. The Morgan fingerprint density at radius 1 is 1.25 bits per heavy atom. The van der Waals surface area contributed by atoms with Gasteiger partial charge in [0.15, 0.2) is 5.78 Å². The molecule has 1 aliphatic heterocycles. The number of Topliss-reactive ketones (excluding diaryl/α,β-unsaturated/α-hetero) is 1. The predicted octanol–water partition coefficient (Wildman–Crippen LogP) is 5.09. The van der Waals surface area contributed by atoms with Crippen molar-refractivity contribution < 1.29 is 9.53 Å². The normalized spacial score (nSPS) is 20.1. The first kappa shape index (κ1) is 17.0. The standard InChI is InChI=1S/C20H22ClNO2/c1-2-10-20(11-12-22-14-20)19(23)15-8-9-17(21)18(13-15)24-16-6-4-3-5-7-16/h3-9,13,22H,2,10-12,14H2,1H3. The van der Waals surface area contributed by atoms with Gasteiger partial charge >= 0.3 is 0 Å². The highest BCUT2D eigenvalue weighted by Crippen LogP contribution is 2.37. The smallest absolute Gasteiger partial charge is 0.170 e. The highest BCUT2D eigenvalue weighted by molar-refractivity contribution is 6.32. The van der Waals surface area contributed by atoms with Crippen LogP contribution in [0.1, 0.15) is 36.5 Å². The molecule has 1 N–H and O–H groups in total. The van der Waals surface area contributed by atoms with Crippen LogP contribution in [0.25, 0.3) is 0 Å². The largest absolute Gasteiger partial charge is 0.456 e. The summed E-state index contributed by atoms with van der Waals surface area (Å²) in [5, 5.41) is 3.84. The Kier molecular flexibility index (Phi) is 5.22. The number of hydrogen-bond donors (Lipinski definition) is 1. The molecule has 3 rings (SSSR count). The van der Waals surface area contributed by atoms with E-state index in [0.29, 0.717) is 22.1 Å². The van der Waals surface area contributed by atoms with E-state index in [0.717, 1.165) is 32.4 Å². The second-order valence-corrected chi connectivity index (χ2v) is 6.75. The summed E-state index contributed by atoms with van der Waals surface area (Å²) in [4.78, 5) is 13.1. The molecule has 1 unspecified atom stereocenters. The molecule has 0 saturated carbocycles. The molecule has 24 heavy (non-hydrogen) atoms. The Morgan fingerprint density at radius 3 is 2.71 bits per heavy atom. The molecule has 0 aliphatic carbocycles. The van der Waals surface area contributed by atoms with E-state index in [9.17, 15) is 4.79 Å². The quantitative estimate of drug-likeness (QED) is 0.742. The molecular formula is C20H22ClNO2. The second kappa shape index (κ2) is 7.37. The lowest BCUT2D eigenvalue weighted by Crippen LogP contribution is -2.33. The molecule has 0 spiro atoms. The second-order valence-electron chi connectivity index (χ2n) is 6.35. The molecule has 1 aliphatic rings. The molecule has 0 aromatic heterocycles. The fourth-order valence-electron chi connectivity index (χ4n) is 3.39. The van der Waals surface area contributed by atoms with Crippen molar-refractivity contribution in [3.05, 3.63) is 59.1 Å². The third-order valence-corrected chi connectivity index (χ3v) is 4.93. The van der Waals surface area contributed by atoms with Gasteiger partial charge in [-0.1, -0.05) is 43.1 Å². The van der Waals surface area contributed by atoms with Crippen LogP contribution in [0.2, 0.25) is 5.02 Å². The monoisotopic (exact) mass is 343 g/mol. The van der Waals surface area contributed by atoms with Gasteiger partial charge in [-0.2, -0.15) is 0 Å². The molecule has 0 bridgehead atoms. The average Bonchev–Trinajstić information content (AvgIpc) is 3.07. The first-order chi connectivity index (χ1) is 11.6. The van der Waals surface area contributed by atoms with Gasteiger partial charge < -0.3 is 10.1 Å². The van der Waals surface area contributed by atoms with Gasteiger partial charge in [0, 0.05) is 17.5 Å². The number of halogens is 1. The summed E-state index contributed by atoms with van der Waals surface area (Å²) in [5.41, 5.74) is 0.370. The lowest BCUT2D eigenvalue weighted by Gasteiger charge is -2.26. The van der Waals surface area contributed by atoms with Crippen LogP contribution in [0, 0.1) is 5.41 Å². The zero-order valence-electron chi connectivity index (χ0n) is 13.8. The molecule has 1 fully saturated rings. The number of nitrogens with one attached hydrogen (secondary N) is 1. The van der Waals surface area contributed by atoms with Gasteiger partial charge in [-0.25, -0.2) is 0 Å². The summed E-state index contributed by atoms with van der Waals surface area (Å²) in [5.74, 6) is 1.41. The highest BCUT2D eigenvalue weighted by Gasteiger charge is 2.40. The summed E-state index contributed by atoms with van der Waals surface area (Å²) in [6, 6.07) is 14.8. The van der Waals surface area contributed by atoms with Crippen molar-refractivity contribution in [2.45, 2.75) is 26.2 Å². The molecule has 1 atom stereocenters. The maximum atomic E-state index is 13.1. The number of hydrogen-bond acceptors (Lipinski definition) is 3.